The van der Waals surface area contributed by atoms with Crippen LogP contribution >= 0.6 is 0 Å². The Kier molecular flexibility index (Phi) is 7.23. The summed E-state index contributed by atoms with van der Waals surface area (Å²) in [6.45, 7) is 2.53. The van der Waals surface area contributed by atoms with E-state index in [2.05, 4.69) is 64.1 Å². The fraction of sp³-hybridized carbons (Fsp3) is 0.462. The van der Waals surface area contributed by atoms with E-state index in [9.17, 15) is 9.59 Å². The van der Waals surface area contributed by atoms with Crippen LogP contribution < -0.4 is 15.5 Å². The van der Waals surface area contributed by atoms with E-state index in [4.69, 9.17) is 0 Å². The van der Waals surface area contributed by atoms with Gasteiger partial charge in [-0.25, -0.2) is 0 Å². The smallest absolute Gasteiger partial charge is 0.309 e. The summed E-state index contributed by atoms with van der Waals surface area (Å²) >= 11 is 0. The van der Waals surface area contributed by atoms with Gasteiger partial charge in [0, 0.05) is 31.4 Å². The van der Waals surface area contributed by atoms with Gasteiger partial charge in [0.05, 0.1) is 0 Å². The van der Waals surface area contributed by atoms with Gasteiger partial charge in [0.1, 0.15) is 0 Å². The number of aryl methyl sites for hydroxylation is 1. The Bertz CT molecular complexity index is 888. The molecule has 2 aliphatic rings. The summed E-state index contributed by atoms with van der Waals surface area (Å²) in [5.41, 5.74) is 5.39. The predicted octanol–water partition coefficient (Wildman–Crippen LogP) is 3.75. The highest BCUT2D eigenvalue weighted by molar-refractivity contribution is 6.35. The lowest BCUT2D eigenvalue weighted by Crippen LogP contribution is -2.45. The molecule has 0 atom stereocenters. The SMILES string of the molecule is O=C(NCCCc1ccc(N2CCc3ccccc3C2)cc1)C(=O)NC1CCCCC1. The lowest BCUT2D eigenvalue weighted by Gasteiger charge is -2.30. The number of benzene rings is 2. The minimum absolute atomic E-state index is 0.166. The minimum Gasteiger partial charge on any atom is -0.367 e. The molecule has 5 heteroatoms. The predicted molar refractivity (Wildman–Crippen MR) is 124 cm³/mol. The fourth-order valence-electron chi connectivity index (χ4n) is 4.66. The van der Waals surface area contributed by atoms with Crippen LogP contribution in [0.1, 0.15) is 55.2 Å². The number of rotatable bonds is 6. The van der Waals surface area contributed by atoms with E-state index in [1.54, 1.807) is 0 Å². The first-order chi connectivity index (χ1) is 15.2. The average Bonchev–Trinajstić information content (AvgIpc) is 2.82. The molecule has 0 spiro atoms. The number of fused-ring (bicyclic) bond motifs is 1. The molecular formula is C26H33N3O2. The Morgan fingerprint density at radius 1 is 0.903 bits per heavy atom. The second kappa shape index (κ2) is 10.5. The van der Waals surface area contributed by atoms with Crippen molar-refractivity contribution < 1.29 is 9.59 Å². The third-order valence-corrected chi connectivity index (χ3v) is 6.51. The molecule has 2 amide bonds. The highest BCUT2D eigenvalue weighted by atomic mass is 16.2. The normalized spacial score (nSPS) is 16.5. The third kappa shape index (κ3) is 5.87. The Labute approximate surface area is 185 Å². The molecule has 31 heavy (non-hydrogen) atoms. The van der Waals surface area contributed by atoms with Gasteiger partial charge < -0.3 is 15.5 Å². The zero-order chi connectivity index (χ0) is 21.5. The molecule has 0 radical (unpaired) electrons. The van der Waals surface area contributed by atoms with E-state index in [0.29, 0.717) is 6.54 Å². The second-order valence-electron chi connectivity index (χ2n) is 8.77. The maximum Gasteiger partial charge on any atom is 0.309 e. The summed E-state index contributed by atoms with van der Waals surface area (Å²) in [5.74, 6) is -0.995. The average molecular weight is 420 g/mol. The van der Waals surface area contributed by atoms with Gasteiger partial charge in [-0.05, 0) is 60.9 Å². The Morgan fingerprint density at radius 3 is 2.42 bits per heavy atom. The summed E-state index contributed by atoms with van der Waals surface area (Å²) in [6.07, 6.45) is 8.26. The molecule has 1 fully saturated rings. The van der Waals surface area contributed by atoms with E-state index in [1.807, 2.05) is 0 Å². The number of nitrogens with zero attached hydrogens (tertiary/aromatic N) is 1. The Hall–Kier alpha value is -2.82. The molecular weight excluding hydrogens is 386 g/mol. The minimum atomic E-state index is -0.508. The van der Waals surface area contributed by atoms with E-state index < -0.39 is 11.8 Å². The quantitative estimate of drug-likeness (QED) is 0.554. The molecule has 1 saturated carbocycles. The van der Waals surface area contributed by atoms with Crippen LogP contribution in [-0.2, 0) is 29.0 Å². The van der Waals surface area contributed by atoms with E-state index >= 15 is 0 Å². The van der Waals surface area contributed by atoms with Crippen molar-refractivity contribution in [3.05, 3.63) is 65.2 Å². The number of hydrogen-bond acceptors (Lipinski definition) is 3. The molecule has 0 unspecified atom stereocenters. The van der Waals surface area contributed by atoms with Gasteiger partial charge in [-0.2, -0.15) is 0 Å². The monoisotopic (exact) mass is 419 g/mol. The highest BCUT2D eigenvalue weighted by Crippen LogP contribution is 2.24. The fourth-order valence-corrected chi connectivity index (χ4v) is 4.66. The number of carbonyl (C=O) groups is 2. The van der Waals surface area contributed by atoms with Crippen LogP contribution in [0.2, 0.25) is 0 Å². The molecule has 2 N–H and O–H groups in total. The Morgan fingerprint density at radius 2 is 1.65 bits per heavy atom. The number of nitrogens with one attached hydrogen (secondary N) is 2. The van der Waals surface area contributed by atoms with Crippen LogP contribution in [0.5, 0.6) is 0 Å². The number of hydrogen-bond donors (Lipinski definition) is 2. The van der Waals surface area contributed by atoms with Gasteiger partial charge in [-0.15, -0.1) is 0 Å². The number of carbonyl (C=O) groups excluding carboxylic acids is 2. The largest absolute Gasteiger partial charge is 0.367 e. The summed E-state index contributed by atoms with van der Waals surface area (Å²) in [7, 11) is 0. The summed E-state index contributed by atoms with van der Waals surface area (Å²) in [5, 5.41) is 5.62. The van der Waals surface area contributed by atoms with E-state index in [-0.39, 0.29) is 6.04 Å². The van der Waals surface area contributed by atoms with E-state index in [0.717, 1.165) is 58.0 Å². The molecule has 0 saturated heterocycles. The van der Waals surface area contributed by atoms with E-state index in [1.165, 1.54) is 28.8 Å². The van der Waals surface area contributed by atoms with Crippen LogP contribution in [0.25, 0.3) is 0 Å². The zero-order valence-corrected chi connectivity index (χ0v) is 18.2. The maximum atomic E-state index is 12.0. The van der Waals surface area contributed by atoms with Crippen LogP contribution in [0.4, 0.5) is 5.69 Å². The van der Waals surface area contributed by atoms with Crippen molar-refractivity contribution in [2.24, 2.45) is 0 Å². The number of amides is 2. The van der Waals surface area contributed by atoms with Gasteiger partial charge in [-0.3, -0.25) is 9.59 Å². The van der Waals surface area contributed by atoms with Crippen molar-refractivity contribution in [2.75, 3.05) is 18.0 Å². The second-order valence-corrected chi connectivity index (χ2v) is 8.77. The van der Waals surface area contributed by atoms with Crippen molar-refractivity contribution in [2.45, 2.75) is 64.0 Å². The van der Waals surface area contributed by atoms with Crippen LogP contribution in [0, 0.1) is 0 Å². The molecule has 1 aliphatic heterocycles. The van der Waals surface area contributed by atoms with Crippen molar-refractivity contribution in [3.8, 4) is 0 Å². The molecule has 4 rings (SSSR count). The summed E-state index contributed by atoms with van der Waals surface area (Å²) in [6, 6.07) is 17.6. The van der Waals surface area contributed by atoms with Gasteiger partial charge in [0.25, 0.3) is 0 Å². The van der Waals surface area contributed by atoms with Gasteiger partial charge in [0.15, 0.2) is 0 Å². The lowest BCUT2D eigenvalue weighted by molar-refractivity contribution is -0.139. The van der Waals surface area contributed by atoms with Crippen molar-refractivity contribution >= 4 is 17.5 Å². The molecule has 0 aromatic heterocycles. The van der Waals surface area contributed by atoms with Gasteiger partial charge >= 0.3 is 11.8 Å². The molecule has 2 aromatic carbocycles. The van der Waals surface area contributed by atoms with Crippen molar-refractivity contribution in [1.82, 2.24) is 10.6 Å². The van der Waals surface area contributed by atoms with Gasteiger partial charge in [-0.1, -0.05) is 55.7 Å². The topological polar surface area (TPSA) is 61.4 Å². The van der Waals surface area contributed by atoms with Gasteiger partial charge in [0.2, 0.25) is 0 Å². The van der Waals surface area contributed by atoms with Crippen LogP contribution in [-0.4, -0.2) is 30.9 Å². The van der Waals surface area contributed by atoms with Crippen molar-refractivity contribution in [1.29, 1.82) is 0 Å². The lowest BCUT2D eigenvalue weighted by atomic mass is 9.95. The first-order valence-corrected chi connectivity index (χ1v) is 11.7. The standard InChI is InChI=1S/C26H33N3O2/c30-25(26(31)28-23-10-2-1-3-11-23)27-17-6-7-20-12-14-24(15-13-20)29-18-16-21-8-4-5-9-22(21)19-29/h4-5,8-9,12-15,23H,1-3,6-7,10-11,16-19H2,(H,27,30)(H,28,31). The van der Waals surface area contributed by atoms with Crippen molar-refractivity contribution in [3.63, 3.8) is 0 Å². The molecule has 5 nitrogen and oxygen atoms in total. The van der Waals surface area contributed by atoms with Crippen LogP contribution in [0.3, 0.4) is 0 Å². The summed E-state index contributed by atoms with van der Waals surface area (Å²) in [4.78, 5) is 26.4. The maximum absolute atomic E-state index is 12.0. The molecule has 2 aromatic rings. The molecule has 0 bridgehead atoms. The first kappa shape index (κ1) is 21.4. The summed E-state index contributed by atoms with van der Waals surface area (Å²) < 4.78 is 0. The zero-order valence-electron chi connectivity index (χ0n) is 18.2. The number of anilines is 1. The molecule has 1 heterocycles. The molecule has 1 aliphatic carbocycles. The highest BCUT2D eigenvalue weighted by Gasteiger charge is 2.20. The third-order valence-electron chi connectivity index (χ3n) is 6.51. The van der Waals surface area contributed by atoms with Crippen LogP contribution in [0.15, 0.2) is 48.5 Å². The molecule has 164 valence electrons. The Balaban J connectivity index is 1.18. The first-order valence-electron chi connectivity index (χ1n) is 11.7.